The minimum atomic E-state index is -0.555. The molecule has 110 valence electrons. The number of hydrogen-bond donors (Lipinski definition) is 1. The molecule has 0 spiro atoms. The van der Waals surface area contributed by atoms with Gasteiger partial charge in [-0.25, -0.2) is 14.5 Å². The molecule has 0 atom stereocenters. The number of amides is 1. The summed E-state index contributed by atoms with van der Waals surface area (Å²) in [5.41, 5.74) is 0.524. The smallest absolute Gasteiger partial charge is 0.340 e. The zero-order valence-corrected chi connectivity index (χ0v) is 13.8. The highest BCUT2D eigenvalue weighted by molar-refractivity contribution is 14.1. The molecular formula is C12H10ClIN4O3. The molecular weight excluding hydrogens is 411 g/mol. The molecule has 0 bridgehead atoms. The lowest BCUT2D eigenvalue weighted by molar-refractivity contribution is -0.116. The van der Waals surface area contributed by atoms with Gasteiger partial charge in [0.15, 0.2) is 0 Å². The van der Waals surface area contributed by atoms with E-state index in [0.29, 0.717) is 8.59 Å². The van der Waals surface area contributed by atoms with Crippen molar-refractivity contribution in [1.29, 1.82) is 0 Å². The molecule has 7 nitrogen and oxygen atoms in total. The van der Waals surface area contributed by atoms with Crippen molar-refractivity contribution in [3.8, 4) is 0 Å². The van der Waals surface area contributed by atoms with Crippen molar-refractivity contribution < 1.29 is 14.3 Å². The van der Waals surface area contributed by atoms with Crippen molar-refractivity contribution in [2.75, 3.05) is 12.4 Å². The quantitative estimate of drug-likeness (QED) is 0.604. The van der Waals surface area contributed by atoms with Crippen molar-refractivity contribution in [1.82, 2.24) is 14.8 Å². The molecule has 9 heteroatoms. The molecule has 0 unspecified atom stereocenters. The fourth-order valence-corrected chi connectivity index (χ4v) is 2.21. The van der Waals surface area contributed by atoms with E-state index in [1.807, 2.05) is 22.6 Å². The first-order valence-corrected chi connectivity index (χ1v) is 7.16. The van der Waals surface area contributed by atoms with Crippen LogP contribution in [-0.4, -0.2) is 33.8 Å². The van der Waals surface area contributed by atoms with Crippen molar-refractivity contribution in [3.63, 3.8) is 0 Å². The van der Waals surface area contributed by atoms with Gasteiger partial charge in [-0.2, -0.15) is 5.10 Å². The summed E-state index contributed by atoms with van der Waals surface area (Å²) in [6.45, 7) is -0.0236. The predicted octanol–water partition coefficient (Wildman–Crippen LogP) is 1.96. The van der Waals surface area contributed by atoms with Crippen LogP contribution in [0.1, 0.15) is 10.4 Å². The number of methoxy groups -OCH3 is 1. The highest BCUT2D eigenvalue weighted by atomic mass is 127. The Hall–Kier alpha value is -1.68. The molecule has 0 fully saturated rings. The van der Waals surface area contributed by atoms with Crippen LogP contribution in [0.5, 0.6) is 0 Å². The Morgan fingerprint density at radius 1 is 1.48 bits per heavy atom. The van der Waals surface area contributed by atoms with E-state index in [4.69, 9.17) is 16.3 Å². The first kappa shape index (κ1) is 15.7. The summed E-state index contributed by atoms with van der Waals surface area (Å²) >= 11 is 8.01. The highest BCUT2D eigenvalue weighted by Gasteiger charge is 2.17. The van der Waals surface area contributed by atoms with E-state index in [2.05, 4.69) is 15.4 Å². The van der Waals surface area contributed by atoms with Gasteiger partial charge in [0.25, 0.3) is 0 Å². The van der Waals surface area contributed by atoms with Crippen LogP contribution in [-0.2, 0) is 16.1 Å². The summed E-state index contributed by atoms with van der Waals surface area (Å²) in [5.74, 6) is -0.913. The number of carbonyl (C=O) groups excluding carboxylic acids is 2. The fourth-order valence-electron chi connectivity index (χ4n) is 1.58. The van der Waals surface area contributed by atoms with Crippen molar-refractivity contribution in [2.24, 2.45) is 0 Å². The molecule has 1 heterocycles. The van der Waals surface area contributed by atoms with Gasteiger partial charge in [0.05, 0.1) is 23.4 Å². The number of nitrogens with zero attached hydrogens (tertiary/aromatic N) is 3. The highest BCUT2D eigenvalue weighted by Crippen LogP contribution is 2.27. The van der Waals surface area contributed by atoms with Gasteiger partial charge in [-0.1, -0.05) is 11.6 Å². The maximum atomic E-state index is 11.9. The Morgan fingerprint density at radius 2 is 2.24 bits per heavy atom. The Labute approximate surface area is 138 Å². The molecule has 0 saturated heterocycles. The number of anilines is 1. The first-order valence-electron chi connectivity index (χ1n) is 5.71. The third kappa shape index (κ3) is 3.91. The van der Waals surface area contributed by atoms with Gasteiger partial charge in [-0.05, 0) is 34.7 Å². The van der Waals surface area contributed by atoms with Crippen LogP contribution >= 0.6 is 34.2 Å². The van der Waals surface area contributed by atoms with E-state index >= 15 is 0 Å². The number of carbonyl (C=O) groups is 2. The molecule has 0 aliphatic rings. The second-order valence-electron chi connectivity index (χ2n) is 3.94. The molecule has 1 aromatic carbocycles. The fraction of sp³-hybridized carbons (Fsp3) is 0.167. The van der Waals surface area contributed by atoms with Crippen LogP contribution < -0.4 is 5.32 Å². The van der Waals surface area contributed by atoms with Gasteiger partial charge in [-0.3, -0.25) is 4.79 Å². The number of hydrogen-bond acceptors (Lipinski definition) is 5. The van der Waals surface area contributed by atoms with Crippen LogP contribution in [0, 0.1) is 3.57 Å². The Balaban J connectivity index is 2.23. The zero-order valence-electron chi connectivity index (χ0n) is 10.8. The average molecular weight is 421 g/mol. The number of esters is 1. The van der Waals surface area contributed by atoms with Crippen molar-refractivity contribution in [3.05, 3.63) is 38.9 Å². The molecule has 0 aliphatic heterocycles. The van der Waals surface area contributed by atoms with E-state index in [1.54, 1.807) is 6.07 Å². The minimum absolute atomic E-state index is 0.0236. The first-order chi connectivity index (χ1) is 10.0. The summed E-state index contributed by atoms with van der Waals surface area (Å²) in [7, 11) is 1.27. The number of benzene rings is 1. The second kappa shape index (κ2) is 6.85. The third-order valence-corrected chi connectivity index (χ3v) is 4.04. The number of rotatable bonds is 4. The van der Waals surface area contributed by atoms with Gasteiger partial charge in [0.2, 0.25) is 5.91 Å². The zero-order chi connectivity index (χ0) is 15.4. The van der Waals surface area contributed by atoms with Gasteiger partial charge in [0, 0.05) is 3.57 Å². The second-order valence-corrected chi connectivity index (χ2v) is 5.51. The third-order valence-electron chi connectivity index (χ3n) is 2.51. The Bertz CT molecular complexity index is 675. The molecule has 0 radical (unpaired) electrons. The average Bonchev–Trinajstić information content (AvgIpc) is 2.94. The van der Waals surface area contributed by atoms with Crippen LogP contribution in [0.15, 0.2) is 24.8 Å². The standard InChI is InChI=1S/C12H10ClIN4O3/c1-21-12(20)7-2-9(14)8(13)3-10(7)17-11(19)4-18-6-15-5-16-18/h2-3,5-6H,4H2,1H3,(H,17,19). The molecule has 1 amide bonds. The van der Waals surface area contributed by atoms with E-state index < -0.39 is 5.97 Å². The molecule has 0 saturated carbocycles. The maximum Gasteiger partial charge on any atom is 0.340 e. The lowest BCUT2D eigenvalue weighted by Crippen LogP contribution is -2.21. The summed E-state index contributed by atoms with van der Waals surface area (Å²) in [6, 6.07) is 3.06. The molecule has 21 heavy (non-hydrogen) atoms. The molecule has 2 rings (SSSR count). The molecule has 1 N–H and O–H groups in total. The molecule has 0 aliphatic carbocycles. The van der Waals surface area contributed by atoms with E-state index in [-0.39, 0.29) is 23.7 Å². The summed E-state index contributed by atoms with van der Waals surface area (Å²) in [5, 5.41) is 6.87. The Kier molecular flexibility index (Phi) is 5.12. The normalized spacial score (nSPS) is 10.2. The SMILES string of the molecule is COC(=O)c1cc(I)c(Cl)cc1NC(=O)Cn1cncn1. The number of aromatic nitrogens is 3. The molecule has 1 aromatic heterocycles. The van der Waals surface area contributed by atoms with Crippen LogP contribution in [0.4, 0.5) is 5.69 Å². The van der Waals surface area contributed by atoms with Gasteiger partial charge in [-0.15, -0.1) is 0 Å². The monoisotopic (exact) mass is 420 g/mol. The lowest BCUT2D eigenvalue weighted by atomic mass is 10.2. The van der Waals surface area contributed by atoms with Gasteiger partial charge >= 0.3 is 5.97 Å². The lowest BCUT2D eigenvalue weighted by Gasteiger charge is -2.11. The van der Waals surface area contributed by atoms with Crippen LogP contribution in [0.2, 0.25) is 5.02 Å². The number of nitrogens with one attached hydrogen (secondary N) is 1. The minimum Gasteiger partial charge on any atom is -0.465 e. The predicted molar refractivity (Wildman–Crippen MR) is 84.2 cm³/mol. The summed E-state index contributed by atoms with van der Waals surface area (Å²) in [6.07, 6.45) is 2.75. The maximum absolute atomic E-state index is 11.9. The van der Waals surface area contributed by atoms with Gasteiger partial charge < -0.3 is 10.1 Å². The van der Waals surface area contributed by atoms with E-state index in [1.165, 1.54) is 30.5 Å². The number of ether oxygens (including phenoxy) is 1. The summed E-state index contributed by atoms with van der Waals surface area (Å²) in [4.78, 5) is 27.4. The van der Waals surface area contributed by atoms with Crippen LogP contribution in [0.3, 0.4) is 0 Å². The topological polar surface area (TPSA) is 86.1 Å². The van der Waals surface area contributed by atoms with Crippen molar-refractivity contribution in [2.45, 2.75) is 6.54 Å². The van der Waals surface area contributed by atoms with E-state index in [9.17, 15) is 9.59 Å². The number of halogens is 2. The molecule has 2 aromatic rings. The summed E-state index contributed by atoms with van der Waals surface area (Å²) < 4.78 is 6.74. The largest absolute Gasteiger partial charge is 0.465 e. The van der Waals surface area contributed by atoms with Crippen molar-refractivity contribution >= 4 is 51.8 Å². The Morgan fingerprint density at radius 3 is 2.86 bits per heavy atom. The van der Waals surface area contributed by atoms with E-state index in [0.717, 1.165) is 0 Å². The van der Waals surface area contributed by atoms with Gasteiger partial charge in [0.1, 0.15) is 19.2 Å². The van der Waals surface area contributed by atoms with Crippen LogP contribution in [0.25, 0.3) is 0 Å².